The molecule has 0 radical (unpaired) electrons. The molecule has 1 aliphatic heterocycles. The van der Waals surface area contributed by atoms with Gasteiger partial charge in [-0.05, 0) is 35.2 Å². The van der Waals surface area contributed by atoms with Crippen LogP contribution < -0.4 is 0 Å². The molecule has 0 saturated carbocycles. The predicted octanol–water partition coefficient (Wildman–Crippen LogP) is 2.74. The van der Waals surface area contributed by atoms with Crippen LogP contribution >= 0.6 is 0 Å². The van der Waals surface area contributed by atoms with Gasteiger partial charge in [0.25, 0.3) is 5.69 Å². The minimum absolute atomic E-state index is 0.00663. The normalized spacial score (nSPS) is 14.7. The Morgan fingerprint density at radius 1 is 1.28 bits per heavy atom. The Kier molecular flexibility index (Phi) is 4.76. The van der Waals surface area contributed by atoms with Gasteiger partial charge < -0.3 is 10.0 Å². The average molecular weight is 344 g/mol. The summed E-state index contributed by atoms with van der Waals surface area (Å²) in [7, 11) is 0. The lowest BCUT2D eigenvalue weighted by atomic mass is 9.98. The van der Waals surface area contributed by atoms with Crippen molar-refractivity contribution in [3.05, 3.63) is 75.1 Å². The lowest BCUT2D eigenvalue weighted by Crippen LogP contribution is -2.36. The number of rotatable bonds is 4. The molecule has 3 rings (SSSR count). The second-order valence-electron chi connectivity index (χ2n) is 6.05. The van der Waals surface area contributed by atoms with Crippen LogP contribution in [0, 0.1) is 15.9 Å². The van der Waals surface area contributed by atoms with E-state index in [0.717, 1.165) is 11.1 Å². The van der Waals surface area contributed by atoms with Crippen molar-refractivity contribution in [2.45, 2.75) is 25.5 Å². The second kappa shape index (κ2) is 6.98. The molecule has 0 aromatic heterocycles. The van der Waals surface area contributed by atoms with Crippen LogP contribution in [0.1, 0.15) is 29.2 Å². The molecule has 0 bridgehead atoms. The number of fused-ring (bicyclic) bond motifs is 1. The molecule has 0 spiro atoms. The highest BCUT2D eigenvalue weighted by Gasteiger charge is 2.24. The van der Waals surface area contributed by atoms with Gasteiger partial charge in [0.05, 0.1) is 17.4 Å². The lowest BCUT2D eigenvalue weighted by Gasteiger charge is -2.29. The summed E-state index contributed by atoms with van der Waals surface area (Å²) < 4.78 is 13.2. The van der Waals surface area contributed by atoms with Gasteiger partial charge in [-0.3, -0.25) is 14.9 Å². The Morgan fingerprint density at radius 2 is 2.08 bits per heavy atom. The molecule has 7 heteroatoms. The smallest absolute Gasteiger partial charge is 0.269 e. The van der Waals surface area contributed by atoms with Crippen LogP contribution in [0.5, 0.6) is 0 Å². The molecule has 130 valence electrons. The van der Waals surface area contributed by atoms with Gasteiger partial charge in [-0.1, -0.05) is 18.2 Å². The fourth-order valence-corrected chi connectivity index (χ4v) is 3.00. The zero-order valence-corrected chi connectivity index (χ0v) is 13.4. The molecular formula is C18H17FN2O4. The summed E-state index contributed by atoms with van der Waals surface area (Å²) in [4.78, 5) is 24.4. The molecule has 2 aromatic rings. The number of aliphatic hydroxyl groups excluding tert-OH is 1. The largest absolute Gasteiger partial charge is 0.388 e. The molecule has 1 atom stereocenters. The van der Waals surface area contributed by atoms with Gasteiger partial charge in [0.15, 0.2) is 0 Å². The third-order valence-electron chi connectivity index (χ3n) is 4.37. The summed E-state index contributed by atoms with van der Waals surface area (Å²) in [5.41, 5.74) is 2.07. The topological polar surface area (TPSA) is 83.7 Å². The van der Waals surface area contributed by atoms with Crippen molar-refractivity contribution in [2.75, 3.05) is 6.54 Å². The maximum absolute atomic E-state index is 13.2. The van der Waals surface area contributed by atoms with Crippen molar-refractivity contribution in [3.8, 4) is 0 Å². The van der Waals surface area contributed by atoms with Crippen LogP contribution in [0.4, 0.5) is 10.1 Å². The number of non-ortho nitro benzene ring substituents is 1. The summed E-state index contributed by atoms with van der Waals surface area (Å²) in [6.45, 7) is 0.755. The van der Waals surface area contributed by atoms with E-state index in [0.29, 0.717) is 18.5 Å². The number of nitro benzene ring substituents is 1. The quantitative estimate of drug-likeness (QED) is 0.683. The van der Waals surface area contributed by atoms with E-state index in [1.807, 2.05) is 0 Å². The third-order valence-corrected chi connectivity index (χ3v) is 4.37. The highest BCUT2D eigenvalue weighted by molar-refractivity contribution is 5.77. The standard InChI is InChI=1S/C18H17FN2O4/c19-15-3-1-2-13(8-15)17(22)10-18(23)20-7-6-12-4-5-16(21(24)25)9-14(12)11-20/h1-5,8-9,17,22H,6-7,10-11H2/t17-/m0/s1. The maximum Gasteiger partial charge on any atom is 0.269 e. The number of halogens is 1. The van der Waals surface area contributed by atoms with Gasteiger partial charge in [-0.25, -0.2) is 4.39 Å². The van der Waals surface area contributed by atoms with E-state index in [2.05, 4.69) is 0 Å². The molecule has 0 aliphatic carbocycles. The van der Waals surface area contributed by atoms with Gasteiger partial charge in [0.2, 0.25) is 5.91 Å². The van der Waals surface area contributed by atoms with Gasteiger partial charge >= 0.3 is 0 Å². The molecule has 1 heterocycles. The summed E-state index contributed by atoms with van der Waals surface area (Å²) >= 11 is 0. The molecule has 25 heavy (non-hydrogen) atoms. The monoisotopic (exact) mass is 344 g/mol. The zero-order chi connectivity index (χ0) is 18.0. The Labute approximate surface area is 143 Å². The number of nitrogens with zero attached hydrogens (tertiary/aromatic N) is 2. The fourth-order valence-electron chi connectivity index (χ4n) is 3.00. The van der Waals surface area contributed by atoms with Crippen molar-refractivity contribution in [3.63, 3.8) is 0 Å². The van der Waals surface area contributed by atoms with Crippen LogP contribution in [0.25, 0.3) is 0 Å². The second-order valence-corrected chi connectivity index (χ2v) is 6.05. The number of carbonyl (C=O) groups is 1. The number of carbonyl (C=O) groups excluding carboxylic acids is 1. The van der Waals surface area contributed by atoms with Gasteiger partial charge in [0.1, 0.15) is 5.82 Å². The van der Waals surface area contributed by atoms with Crippen molar-refractivity contribution >= 4 is 11.6 Å². The van der Waals surface area contributed by atoms with E-state index < -0.39 is 16.8 Å². The van der Waals surface area contributed by atoms with Gasteiger partial charge in [0, 0.05) is 25.2 Å². The van der Waals surface area contributed by atoms with E-state index in [1.165, 1.54) is 30.3 Å². The Morgan fingerprint density at radius 3 is 2.80 bits per heavy atom. The highest BCUT2D eigenvalue weighted by atomic mass is 19.1. The average Bonchev–Trinajstić information content (AvgIpc) is 2.60. The number of benzene rings is 2. The summed E-state index contributed by atoms with van der Waals surface area (Å²) in [6.07, 6.45) is -0.641. The summed E-state index contributed by atoms with van der Waals surface area (Å²) in [5, 5.41) is 21.0. The molecule has 1 amide bonds. The van der Waals surface area contributed by atoms with E-state index in [9.17, 15) is 24.4 Å². The van der Waals surface area contributed by atoms with Crippen molar-refractivity contribution in [2.24, 2.45) is 0 Å². The minimum Gasteiger partial charge on any atom is -0.388 e. The zero-order valence-electron chi connectivity index (χ0n) is 13.4. The maximum atomic E-state index is 13.2. The Hall–Kier alpha value is -2.80. The van der Waals surface area contributed by atoms with Crippen LogP contribution in [0.15, 0.2) is 42.5 Å². The van der Waals surface area contributed by atoms with E-state index in [4.69, 9.17) is 0 Å². The Balaban J connectivity index is 1.69. The van der Waals surface area contributed by atoms with Crippen LogP contribution in [-0.2, 0) is 17.8 Å². The summed E-state index contributed by atoms with van der Waals surface area (Å²) in [5.74, 6) is -0.739. The van der Waals surface area contributed by atoms with Gasteiger partial charge in [-0.2, -0.15) is 0 Å². The van der Waals surface area contributed by atoms with Crippen molar-refractivity contribution < 1.29 is 19.2 Å². The van der Waals surface area contributed by atoms with Crippen LogP contribution in [0.3, 0.4) is 0 Å². The van der Waals surface area contributed by atoms with Crippen LogP contribution in [-0.4, -0.2) is 27.4 Å². The summed E-state index contributed by atoms with van der Waals surface area (Å²) in [6, 6.07) is 10.2. The first-order chi connectivity index (χ1) is 11.9. The third kappa shape index (κ3) is 3.83. The Bertz CT molecular complexity index is 824. The van der Waals surface area contributed by atoms with Crippen molar-refractivity contribution in [1.29, 1.82) is 0 Å². The number of amides is 1. The van der Waals surface area contributed by atoms with E-state index in [1.54, 1.807) is 17.0 Å². The first-order valence-corrected chi connectivity index (χ1v) is 7.91. The highest BCUT2D eigenvalue weighted by Crippen LogP contribution is 2.25. The fraction of sp³-hybridized carbons (Fsp3) is 0.278. The van der Waals surface area contributed by atoms with Crippen molar-refractivity contribution in [1.82, 2.24) is 4.90 Å². The number of hydrogen-bond donors (Lipinski definition) is 1. The molecule has 1 N–H and O–H groups in total. The molecule has 1 aliphatic rings. The molecule has 0 unspecified atom stereocenters. The predicted molar refractivity (Wildman–Crippen MR) is 88.2 cm³/mol. The van der Waals surface area contributed by atoms with E-state index in [-0.39, 0.29) is 24.6 Å². The van der Waals surface area contributed by atoms with Crippen LogP contribution in [0.2, 0.25) is 0 Å². The number of nitro groups is 1. The number of aliphatic hydroxyl groups is 1. The SMILES string of the molecule is O=C(C[C@H](O)c1cccc(F)c1)N1CCc2ccc([N+](=O)[O-])cc2C1. The molecule has 0 saturated heterocycles. The first kappa shape index (κ1) is 17.0. The van der Waals surface area contributed by atoms with E-state index >= 15 is 0 Å². The first-order valence-electron chi connectivity index (χ1n) is 7.91. The van der Waals surface area contributed by atoms with Gasteiger partial charge in [-0.15, -0.1) is 0 Å². The molecule has 2 aromatic carbocycles. The minimum atomic E-state index is -1.09. The lowest BCUT2D eigenvalue weighted by molar-refractivity contribution is -0.385. The molecular weight excluding hydrogens is 327 g/mol. The molecule has 6 nitrogen and oxygen atoms in total. The molecule has 0 fully saturated rings. The number of hydrogen-bond acceptors (Lipinski definition) is 4.